The van der Waals surface area contributed by atoms with E-state index >= 15 is 0 Å². The Hall–Kier alpha value is -1.53. The van der Waals surface area contributed by atoms with Crippen molar-refractivity contribution in [3.8, 4) is 6.07 Å². The molecule has 1 rings (SSSR count). The summed E-state index contributed by atoms with van der Waals surface area (Å²) in [5.74, 6) is 0. The smallest absolute Gasteiger partial charge is 0.0641 e. The average molecular weight is 161 g/mol. The standard InChI is InChI=1S/C9H11N3/c10-5-4-9(12)7-2-1-3-8(11)6-7/h1-3,6,9H,4,11-12H2/t9-/m1/s1. The number of nitrogen functional groups attached to an aromatic ring is 1. The van der Waals surface area contributed by atoms with Crippen LogP contribution in [0.15, 0.2) is 24.3 Å². The molecule has 0 saturated heterocycles. The first kappa shape index (κ1) is 8.57. The first-order valence-corrected chi connectivity index (χ1v) is 3.72. The van der Waals surface area contributed by atoms with E-state index in [4.69, 9.17) is 16.7 Å². The predicted octanol–water partition coefficient (Wildman–Crippen LogP) is 1.18. The van der Waals surface area contributed by atoms with Crippen molar-refractivity contribution in [1.82, 2.24) is 0 Å². The third-order valence-electron chi connectivity index (χ3n) is 1.65. The SMILES string of the molecule is N#CC[C@@H](N)c1cccc(N)c1. The maximum Gasteiger partial charge on any atom is 0.0641 e. The van der Waals surface area contributed by atoms with Gasteiger partial charge in [-0.2, -0.15) is 5.26 Å². The van der Waals surface area contributed by atoms with Gasteiger partial charge >= 0.3 is 0 Å². The van der Waals surface area contributed by atoms with Gasteiger partial charge in [0.25, 0.3) is 0 Å². The minimum atomic E-state index is -0.224. The van der Waals surface area contributed by atoms with Crippen LogP contribution in [0.3, 0.4) is 0 Å². The molecule has 4 N–H and O–H groups in total. The molecule has 3 heteroatoms. The lowest BCUT2D eigenvalue weighted by atomic mass is 10.1. The van der Waals surface area contributed by atoms with E-state index in [2.05, 4.69) is 0 Å². The molecule has 62 valence electrons. The molecule has 0 bridgehead atoms. The molecule has 0 radical (unpaired) electrons. The first-order chi connectivity index (χ1) is 5.74. The fourth-order valence-electron chi connectivity index (χ4n) is 1.01. The van der Waals surface area contributed by atoms with Gasteiger partial charge in [0.2, 0.25) is 0 Å². The minimum Gasteiger partial charge on any atom is -0.399 e. The van der Waals surface area contributed by atoms with Crippen LogP contribution in [-0.2, 0) is 0 Å². The van der Waals surface area contributed by atoms with E-state index in [1.54, 1.807) is 12.1 Å². The van der Waals surface area contributed by atoms with Crippen LogP contribution in [0.1, 0.15) is 18.0 Å². The molecule has 12 heavy (non-hydrogen) atoms. The fourth-order valence-corrected chi connectivity index (χ4v) is 1.01. The van der Waals surface area contributed by atoms with E-state index in [0.717, 1.165) is 5.56 Å². The van der Waals surface area contributed by atoms with Gasteiger partial charge in [0.15, 0.2) is 0 Å². The van der Waals surface area contributed by atoms with Gasteiger partial charge in [-0.25, -0.2) is 0 Å². The summed E-state index contributed by atoms with van der Waals surface area (Å²) in [7, 11) is 0. The van der Waals surface area contributed by atoms with Crippen molar-refractivity contribution in [3.05, 3.63) is 29.8 Å². The van der Waals surface area contributed by atoms with Crippen LogP contribution in [0.2, 0.25) is 0 Å². The lowest BCUT2D eigenvalue weighted by molar-refractivity contribution is 0.749. The topological polar surface area (TPSA) is 75.8 Å². The van der Waals surface area contributed by atoms with Crippen LogP contribution >= 0.6 is 0 Å². The van der Waals surface area contributed by atoms with Gasteiger partial charge in [-0.1, -0.05) is 12.1 Å². The van der Waals surface area contributed by atoms with Crippen molar-refractivity contribution in [3.63, 3.8) is 0 Å². The highest BCUT2D eigenvalue weighted by Gasteiger charge is 2.03. The minimum absolute atomic E-state index is 0.224. The molecule has 0 fully saturated rings. The number of hydrogen-bond donors (Lipinski definition) is 2. The highest BCUT2D eigenvalue weighted by molar-refractivity contribution is 5.41. The van der Waals surface area contributed by atoms with E-state index < -0.39 is 0 Å². The third kappa shape index (κ3) is 1.97. The normalized spacial score (nSPS) is 12.0. The lowest BCUT2D eigenvalue weighted by Crippen LogP contribution is -2.09. The molecule has 0 aliphatic heterocycles. The van der Waals surface area contributed by atoms with Crippen LogP contribution in [-0.4, -0.2) is 0 Å². The van der Waals surface area contributed by atoms with Gasteiger partial charge in [0.05, 0.1) is 12.5 Å². The average Bonchev–Trinajstić information content (AvgIpc) is 2.05. The molecule has 3 nitrogen and oxygen atoms in total. The summed E-state index contributed by atoms with van der Waals surface area (Å²) in [4.78, 5) is 0. The summed E-state index contributed by atoms with van der Waals surface area (Å²) >= 11 is 0. The van der Waals surface area contributed by atoms with Gasteiger partial charge in [-0.3, -0.25) is 0 Å². The van der Waals surface area contributed by atoms with Gasteiger partial charge in [-0.15, -0.1) is 0 Å². The first-order valence-electron chi connectivity index (χ1n) is 3.72. The second-order valence-electron chi connectivity index (χ2n) is 2.64. The van der Waals surface area contributed by atoms with Crippen molar-refractivity contribution in [2.45, 2.75) is 12.5 Å². The fraction of sp³-hybridized carbons (Fsp3) is 0.222. The molecule has 0 aliphatic carbocycles. The van der Waals surface area contributed by atoms with Crippen molar-refractivity contribution in [2.24, 2.45) is 5.73 Å². The van der Waals surface area contributed by atoms with Crippen molar-refractivity contribution >= 4 is 5.69 Å². The summed E-state index contributed by atoms with van der Waals surface area (Å²) in [5, 5.41) is 8.41. The number of hydrogen-bond acceptors (Lipinski definition) is 3. The summed E-state index contributed by atoms with van der Waals surface area (Å²) in [6.45, 7) is 0. The molecule has 0 heterocycles. The third-order valence-corrected chi connectivity index (χ3v) is 1.65. The Kier molecular flexibility index (Phi) is 2.67. The Bertz CT molecular complexity index is 301. The van der Waals surface area contributed by atoms with Crippen molar-refractivity contribution < 1.29 is 0 Å². The second kappa shape index (κ2) is 3.74. The maximum absolute atomic E-state index is 8.41. The predicted molar refractivity (Wildman–Crippen MR) is 48.0 cm³/mol. The van der Waals surface area contributed by atoms with Gasteiger partial charge in [0, 0.05) is 11.7 Å². The highest BCUT2D eigenvalue weighted by atomic mass is 14.6. The van der Waals surface area contributed by atoms with Crippen LogP contribution in [0, 0.1) is 11.3 Å². The van der Waals surface area contributed by atoms with Crippen molar-refractivity contribution in [1.29, 1.82) is 5.26 Å². The van der Waals surface area contributed by atoms with Gasteiger partial charge < -0.3 is 11.5 Å². The number of anilines is 1. The van der Waals surface area contributed by atoms with E-state index in [-0.39, 0.29) is 6.04 Å². The van der Waals surface area contributed by atoms with Crippen LogP contribution < -0.4 is 11.5 Å². The summed E-state index contributed by atoms with van der Waals surface area (Å²) in [6.07, 6.45) is 0.323. The van der Waals surface area contributed by atoms with Crippen LogP contribution in [0.4, 0.5) is 5.69 Å². The number of nitrogens with zero attached hydrogens (tertiary/aromatic N) is 1. The Labute approximate surface area is 71.6 Å². The molecule has 0 amide bonds. The number of rotatable bonds is 2. The zero-order valence-corrected chi connectivity index (χ0v) is 6.70. The zero-order valence-electron chi connectivity index (χ0n) is 6.70. The number of nitrogens with two attached hydrogens (primary N) is 2. The lowest BCUT2D eigenvalue weighted by Gasteiger charge is -2.07. The molecular weight excluding hydrogens is 150 g/mol. The Morgan fingerprint density at radius 2 is 2.25 bits per heavy atom. The van der Waals surface area contributed by atoms with Crippen molar-refractivity contribution in [2.75, 3.05) is 5.73 Å². The molecule has 0 unspecified atom stereocenters. The Morgan fingerprint density at radius 1 is 1.50 bits per heavy atom. The molecule has 0 aliphatic rings. The molecule has 0 saturated carbocycles. The zero-order chi connectivity index (χ0) is 8.97. The van der Waals surface area contributed by atoms with Gasteiger partial charge in [-0.05, 0) is 17.7 Å². The van der Waals surface area contributed by atoms with E-state index in [0.29, 0.717) is 12.1 Å². The molecule has 1 aromatic carbocycles. The van der Waals surface area contributed by atoms with E-state index in [9.17, 15) is 0 Å². The summed E-state index contributed by atoms with van der Waals surface area (Å²) in [5.41, 5.74) is 12.8. The molecule has 1 aromatic rings. The van der Waals surface area contributed by atoms with E-state index in [1.165, 1.54) is 0 Å². The highest BCUT2D eigenvalue weighted by Crippen LogP contribution is 2.15. The summed E-state index contributed by atoms with van der Waals surface area (Å²) < 4.78 is 0. The molecule has 0 spiro atoms. The van der Waals surface area contributed by atoms with E-state index in [1.807, 2.05) is 18.2 Å². The molecular formula is C9H11N3. The van der Waals surface area contributed by atoms with Gasteiger partial charge in [0.1, 0.15) is 0 Å². The number of nitriles is 1. The monoisotopic (exact) mass is 161 g/mol. The second-order valence-corrected chi connectivity index (χ2v) is 2.64. The largest absolute Gasteiger partial charge is 0.399 e. The number of benzene rings is 1. The quantitative estimate of drug-likeness (QED) is 0.639. The molecule has 0 aromatic heterocycles. The molecule has 1 atom stereocenters. The Balaban J connectivity index is 2.82. The maximum atomic E-state index is 8.41. The Morgan fingerprint density at radius 3 is 2.83 bits per heavy atom. The van der Waals surface area contributed by atoms with Crippen LogP contribution in [0.5, 0.6) is 0 Å². The van der Waals surface area contributed by atoms with Crippen LogP contribution in [0.25, 0.3) is 0 Å². The summed E-state index contributed by atoms with van der Waals surface area (Å²) in [6, 6.07) is 9.09.